The SMILES string of the molecule is CN.COC(=O)C[C@@H]1N=C(c2ccc(Br)cc2)c2cc(OC)ccc2NC1=S. The number of aliphatic imine (C=N–C) groups is 1. The summed E-state index contributed by atoms with van der Waals surface area (Å²) in [4.78, 5) is 17.1. The molecule has 0 saturated carbocycles. The summed E-state index contributed by atoms with van der Waals surface area (Å²) in [6.45, 7) is 0. The highest BCUT2D eigenvalue weighted by atomic mass is 79.9. The molecule has 0 unspecified atom stereocenters. The van der Waals surface area contributed by atoms with Gasteiger partial charge in [0, 0.05) is 21.3 Å². The second-order valence-electron chi connectivity index (χ2n) is 5.68. The van der Waals surface area contributed by atoms with Crippen molar-refractivity contribution < 1.29 is 14.3 Å². The number of nitrogens with zero attached hydrogens (tertiary/aromatic N) is 1. The highest BCUT2D eigenvalue weighted by Crippen LogP contribution is 2.29. The number of hydrogen-bond acceptors (Lipinski definition) is 6. The van der Waals surface area contributed by atoms with Gasteiger partial charge >= 0.3 is 5.97 Å². The van der Waals surface area contributed by atoms with Gasteiger partial charge in [0.15, 0.2) is 0 Å². The lowest BCUT2D eigenvalue weighted by atomic mass is 10.00. The Balaban J connectivity index is 0.00000136. The van der Waals surface area contributed by atoms with Gasteiger partial charge in [-0.1, -0.05) is 40.3 Å². The first-order valence-electron chi connectivity index (χ1n) is 8.49. The van der Waals surface area contributed by atoms with Crippen LogP contribution in [0.15, 0.2) is 51.9 Å². The first-order chi connectivity index (χ1) is 13.5. The maximum atomic E-state index is 11.8. The van der Waals surface area contributed by atoms with Crippen LogP contribution in [0.1, 0.15) is 17.5 Å². The van der Waals surface area contributed by atoms with E-state index in [0.717, 1.165) is 27.0 Å². The molecule has 0 fully saturated rings. The van der Waals surface area contributed by atoms with Crippen LogP contribution < -0.4 is 15.8 Å². The van der Waals surface area contributed by atoms with Crippen LogP contribution in [-0.4, -0.2) is 44.0 Å². The summed E-state index contributed by atoms with van der Waals surface area (Å²) in [6.07, 6.45) is 0.0769. The van der Waals surface area contributed by atoms with E-state index in [9.17, 15) is 4.79 Å². The Morgan fingerprint density at radius 3 is 2.50 bits per heavy atom. The molecule has 0 spiro atoms. The predicted octanol–water partition coefficient (Wildman–Crippen LogP) is 3.55. The third-order valence-corrected chi connectivity index (χ3v) is 4.94. The van der Waals surface area contributed by atoms with E-state index in [1.165, 1.54) is 14.2 Å². The molecule has 1 aliphatic heterocycles. The normalized spacial score (nSPS) is 15.1. The van der Waals surface area contributed by atoms with E-state index in [4.69, 9.17) is 26.7 Å². The third kappa shape index (κ3) is 5.15. The van der Waals surface area contributed by atoms with Gasteiger partial charge in [0.05, 0.1) is 26.4 Å². The standard InChI is InChI=1S/C19H17BrN2O3S.CH5N/c1-24-13-7-8-15-14(9-13)18(11-3-5-12(20)6-4-11)21-16(19(26)22-15)10-17(23)25-2;1-2/h3-9,16H,10H2,1-2H3,(H,22,26);2H2,1H3/t16-;/m0./s1. The van der Waals surface area contributed by atoms with Crippen LogP contribution in [0.2, 0.25) is 0 Å². The second kappa shape index (κ2) is 10.3. The number of hydrogen-bond donors (Lipinski definition) is 2. The number of fused-ring (bicyclic) bond motifs is 1. The number of benzodiazepines with no additional fused rings is 1. The average Bonchev–Trinajstić information content (AvgIpc) is 2.86. The smallest absolute Gasteiger partial charge is 0.308 e. The molecule has 8 heteroatoms. The topological polar surface area (TPSA) is 85.9 Å². The second-order valence-corrected chi connectivity index (χ2v) is 7.04. The van der Waals surface area contributed by atoms with Crippen molar-refractivity contribution in [3.8, 4) is 5.75 Å². The largest absolute Gasteiger partial charge is 0.497 e. The number of carbonyl (C=O) groups is 1. The first kappa shape index (κ1) is 22.0. The molecule has 0 amide bonds. The van der Waals surface area contributed by atoms with Crippen molar-refractivity contribution in [2.45, 2.75) is 12.5 Å². The van der Waals surface area contributed by atoms with Gasteiger partial charge in [0.25, 0.3) is 0 Å². The van der Waals surface area contributed by atoms with Gasteiger partial charge in [-0.3, -0.25) is 9.79 Å². The molecule has 6 nitrogen and oxygen atoms in total. The number of ether oxygens (including phenoxy) is 2. The zero-order chi connectivity index (χ0) is 20.7. The number of benzene rings is 2. The quantitative estimate of drug-likeness (QED) is 0.532. The molecule has 0 aromatic heterocycles. The van der Waals surface area contributed by atoms with E-state index >= 15 is 0 Å². The van der Waals surface area contributed by atoms with Crippen molar-refractivity contribution in [2.75, 3.05) is 26.6 Å². The van der Waals surface area contributed by atoms with E-state index in [1.54, 1.807) is 7.11 Å². The molecule has 2 aromatic rings. The Bertz CT molecular complexity index is 885. The fourth-order valence-electron chi connectivity index (χ4n) is 2.67. The van der Waals surface area contributed by atoms with Crippen LogP contribution in [0.3, 0.4) is 0 Å². The van der Waals surface area contributed by atoms with Crippen molar-refractivity contribution in [1.29, 1.82) is 0 Å². The number of thiocarbonyl (C=S) groups is 1. The molecule has 0 bridgehead atoms. The molecule has 0 radical (unpaired) electrons. The summed E-state index contributed by atoms with van der Waals surface area (Å²) in [6, 6.07) is 13.0. The molecule has 0 aliphatic carbocycles. The number of carbonyl (C=O) groups excluding carboxylic acids is 1. The van der Waals surface area contributed by atoms with Crippen LogP contribution in [0.25, 0.3) is 0 Å². The number of methoxy groups -OCH3 is 2. The van der Waals surface area contributed by atoms with Crippen molar-refractivity contribution in [3.05, 3.63) is 58.1 Å². The molecule has 3 N–H and O–H groups in total. The van der Waals surface area contributed by atoms with E-state index < -0.39 is 6.04 Å². The van der Waals surface area contributed by atoms with Gasteiger partial charge in [-0.05, 0) is 37.4 Å². The van der Waals surface area contributed by atoms with Crippen molar-refractivity contribution >= 4 is 50.5 Å². The number of halogens is 1. The molecule has 28 heavy (non-hydrogen) atoms. The van der Waals surface area contributed by atoms with Crippen molar-refractivity contribution in [2.24, 2.45) is 10.7 Å². The van der Waals surface area contributed by atoms with Crippen molar-refractivity contribution in [3.63, 3.8) is 0 Å². The van der Waals surface area contributed by atoms with Crippen LogP contribution in [-0.2, 0) is 9.53 Å². The van der Waals surface area contributed by atoms with E-state index in [2.05, 4.69) is 27.0 Å². The number of esters is 1. The fourth-order valence-corrected chi connectivity index (χ4v) is 3.18. The Hall–Kier alpha value is -2.29. The maximum absolute atomic E-state index is 11.8. The summed E-state index contributed by atoms with van der Waals surface area (Å²) < 4.78 is 11.1. The minimum absolute atomic E-state index is 0.0769. The Labute approximate surface area is 178 Å². The monoisotopic (exact) mass is 463 g/mol. The molecule has 1 atom stereocenters. The number of anilines is 1. The highest BCUT2D eigenvalue weighted by molar-refractivity contribution is 9.10. The average molecular weight is 464 g/mol. The van der Waals surface area contributed by atoms with Crippen molar-refractivity contribution in [1.82, 2.24) is 0 Å². The van der Waals surface area contributed by atoms with E-state index in [1.807, 2.05) is 42.5 Å². The van der Waals surface area contributed by atoms with Crippen LogP contribution in [0.5, 0.6) is 5.75 Å². The zero-order valence-electron chi connectivity index (χ0n) is 15.9. The summed E-state index contributed by atoms with van der Waals surface area (Å²) in [7, 11) is 4.47. The van der Waals surface area contributed by atoms with Crippen LogP contribution in [0, 0.1) is 0 Å². The van der Waals surface area contributed by atoms with Crippen LogP contribution >= 0.6 is 28.1 Å². The fraction of sp³-hybridized carbons (Fsp3) is 0.250. The molecule has 148 valence electrons. The molecule has 1 heterocycles. The lowest BCUT2D eigenvalue weighted by Crippen LogP contribution is -2.26. The summed E-state index contributed by atoms with van der Waals surface area (Å²) in [5.41, 5.74) is 7.85. The van der Waals surface area contributed by atoms with Gasteiger partial charge in [0.2, 0.25) is 0 Å². The van der Waals surface area contributed by atoms with Gasteiger partial charge in [0.1, 0.15) is 16.8 Å². The lowest BCUT2D eigenvalue weighted by Gasteiger charge is -2.12. The lowest BCUT2D eigenvalue weighted by molar-refractivity contribution is -0.140. The Morgan fingerprint density at radius 2 is 1.89 bits per heavy atom. The van der Waals surface area contributed by atoms with E-state index in [0.29, 0.717) is 10.7 Å². The Kier molecular flexibility index (Phi) is 8.10. The predicted molar refractivity (Wildman–Crippen MR) is 120 cm³/mol. The maximum Gasteiger partial charge on any atom is 0.308 e. The van der Waals surface area contributed by atoms with Gasteiger partial charge in [-0.2, -0.15) is 0 Å². The first-order valence-corrected chi connectivity index (χ1v) is 9.69. The molecular weight excluding hydrogens is 442 g/mol. The zero-order valence-corrected chi connectivity index (χ0v) is 18.3. The highest BCUT2D eigenvalue weighted by Gasteiger charge is 2.26. The minimum atomic E-state index is -0.505. The Morgan fingerprint density at radius 1 is 1.21 bits per heavy atom. The number of nitrogens with two attached hydrogens (primary N) is 1. The molecule has 1 aliphatic rings. The van der Waals surface area contributed by atoms with Crippen LogP contribution in [0.4, 0.5) is 5.69 Å². The minimum Gasteiger partial charge on any atom is -0.497 e. The van der Waals surface area contributed by atoms with E-state index in [-0.39, 0.29) is 12.4 Å². The number of nitrogens with one attached hydrogen (secondary N) is 1. The van der Waals surface area contributed by atoms with Gasteiger partial charge in [-0.25, -0.2) is 0 Å². The molecular formula is C20H22BrN3O3S. The summed E-state index contributed by atoms with van der Waals surface area (Å²) in [5.74, 6) is 0.356. The summed E-state index contributed by atoms with van der Waals surface area (Å²) in [5, 5.41) is 3.21. The summed E-state index contributed by atoms with van der Waals surface area (Å²) >= 11 is 8.93. The molecule has 3 rings (SSSR count). The van der Waals surface area contributed by atoms with Gasteiger partial charge < -0.3 is 20.5 Å². The molecule has 0 saturated heterocycles. The number of rotatable bonds is 4. The van der Waals surface area contributed by atoms with Gasteiger partial charge in [-0.15, -0.1) is 0 Å². The third-order valence-electron chi connectivity index (χ3n) is 4.03. The molecule has 2 aromatic carbocycles.